The highest BCUT2D eigenvalue weighted by atomic mass is 16.4. The lowest BCUT2D eigenvalue weighted by molar-refractivity contribution is 0.102. The van der Waals surface area contributed by atoms with Crippen LogP contribution in [0, 0.1) is 6.92 Å². The molecule has 0 spiro atoms. The number of benzene rings is 1. The largest absolute Gasteiger partial charge is 0.411 e. The second-order valence-electron chi connectivity index (χ2n) is 4.52. The number of oxime groups is 1. The van der Waals surface area contributed by atoms with E-state index in [1.54, 1.807) is 56.0 Å². The molecule has 0 bridgehead atoms. The quantitative estimate of drug-likeness (QED) is 0.510. The van der Waals surface area contributed by atoms with E-state index in [1.807, 2.05) is 0 Å². The number of anilines is 1. The minimum Gasteiger partial charge on any atom is -0.411 e. The number of carbonyl (C=O) groups is 1. The lowest BCUT2D eigenvalue weighted by atomic mass is 10.1. The number of hydrogen-bond donors (Lipinski definition) is 2. The minimum atomic E-state index is -0.216. The Labute approximate surface area is 116 Å². The molecule has 0 fully saturated rings. The Kier molecular flexibility index (Phi) is 3.84. The Bertz CT molecular complexity index is 674. The van der Waals surface area contributed by atoms with Crippen molar-refractivity contribution in [2.45, 2.75) is 13.8 Å². The van der Waals surface area contributed by atoms with Gasteiger partial charge in [0.05, 0.1) is 17.0 Å². The maximum absolute atomic E-state index is 12.2. The number of hydrogen-bond acceptors (Lipinski definition) is 4. The van der Waals surface area contributed by atoms with E-state index in [0.717, 1.165) is 5.56 Å². The Hall–Kier alpha value is -2.63. The molecule has 104 valence electrons. The fraction of sp³-hybridized carbons (Fsp3) is 0.214. The molecule has 0 aliphatic rings. The lowest BCUT2D eigenvalue weighted by Crippen LogP contribution is -2.12. The fourth-order valence-corrected chi connectivity index (χ4v) is 1.90. The van der Waals surface area contributed by atoms with Gasteiger partial charge in [0.25, 0.3) is 5.91 Å². The minimum absolute atomic E-state index is 0.216. The number of aromatic nitrogens is 2. The molecule has 2 rings (SSSR count). The lowest BCUT2D eigenvalue weighted by Gasteiger charge is -2.06. The molecule has 2 N–H and O–H groups in total. The summed E-state index contributed by atoms with van der Waals surface area (Å²) < 4.78 is 1.60. The summed E-state index contributed by atoms with van der Waals surface area (Å²) in [4.78, 5) is 12.2. The number of amides is 1. The van der Waals surface area contributed by atoms with Crippen LogP contribution in [0.25, 0.3) is 0 Å². The van der Waals surface area contributed by atoms with Gasteiger partial charge in [-0.25, -0.2) is 0 Å². The highest BCUT2D eigenvalue weighted by Gasteiger charge is 2.12. The average molecular weight is 272 g/mol. The first-order valence-corrected chi connectivity index (χ1v) is 6.12. The summed E-state index contributed by atoms with van der Waals surface area (Å²) in [5, 5.41) is 18.9. The molecule has 0 atom stereocenters. The first kappa shape index (κ1) is 13.8. The molecule has 1 amide bonds. The molecule has 0 aliphatic heterocycles. The van der Waals surface area contributed by atoms with Crippen molar-refractivity contribution >= 4 is 17.3 Å². The normalized spacial score (nSPS) is 11.4. The van der Waals surface area contributed by atoms with Crippen LogP contribution in [0.5, 0.6) is 0 Å². The van der Waals surface area contributed by atoms with Crippen molar-refractivity contribution < 1.29 is 10.0 Å². The van der Waals surface area contributed by atoms with Crippen molar-refractivity contribution in [2.24, 2.45) is 12.2 Å². The molecule has 6 heteroatoms. The summed E-state index contributed by atoms with van der Waals surface area (Å²) >= 11 is 0. The van der Waals surface area contributed by atoms with Gasteiger partial charge in [0, 0.05) is 24.5 Å². The second kappa shape index (κ2) is 5.56. The molecule has 20 heavy (non-hydrogen) atoms. The van der Waals surface area contributed by atoms with Crippen LogP contribution in [-0.4, -0.2) is 26.6 Å². The van der Waals surface area contributed by atoms with Gasteiger partial charge >= 0.3 is 0 Å². The van der Waals surface area contributed by atoms with E-state index < -0.39 is 0 Å². The Morgan fingerprint density at radius 1 is 1.45 bits per heavy atom. The number of carbonyl (C=O) groups excluding carboxylic acids is 1. The van der Waals surface area contributed by atoms with Crippen LogP contribution in [0.2, 0.25) is 0 Å². The van der Waals surface area contributed by atoms with Gasteiger partial charge < -0.3 is 10.5 Å². The number of rotatable bonds is 3. The molecule has 0 radical (unpaired) electrons. The van der Waals surface area contributed by atoms with Crippen LogP contribution >= 0.6 is 0 Å². The zero-order valence-electron chi connectivity index (χ0n) is 11.6. The molecule has 0 aliphatic carbocycles. The van der Waals surface area contributed by atoms with Crippen molar-refractivity contribution in [2.75, 3.05) is 5.32 Å². The van der Waals surface area contributed by atoms with Gasteiger partial charge in [-0.15, -0.1) is 0 Å². The van der Waals surface area contributed by atoms with Crippen molar-refractivity contribution in [1.82, 2.24) is 9.78 Å². The van der Waals surface area contributed by atoms with Gasteiger partial charge in [0.1, 0.15) is 0 Å². The molecule has 0 saturated heterocycles. The van der Waals surface area contributed by atoms with Gasteiger partial charge in [0.2, 0.25) is 0 Å². The highest BCUT2D eigenvalue weighted by Crippen LogP contribution is 2.14. The number of nitrogens with one attached hydrogen (secondary N) is 1. The predicted molar refractivity (Wildman–Crippen MR) is 76.3 cm³/mol. The highest BCUT2D eigenvalue weighted by molar-refractivity contribution is 6.06. The van der Waals surface area contributed by atoms with E-state index >= 15 is 0 Å². The molecule has 0 saturated carbocycles. The molecular weight excluding hydrogens is 256 g/mol. The predicted octanol–water partition coefficient (Wildman–Crippen LogP) is 2.18. The summed E-state index contributed by atoms with van der Waals surface area (Å²) in [7, 11) is 1.77. The Balaban J connectivity index is 2.22. The fourth-order valence-electron chi connectivity index (χ4n) is 1.90. The first-order valence-electron chi connectivity index (χ1n) is 6.12. The van der Waals surface area contributed by atoms with Crippen molar-refractivity contribution in [1.29, 1.82) is 0 Å². The van der Waals surface area contributed by atoms with Crippen LogP contribution in [-0.2, 0) is 7.05 Å². The van der Waals surface area contributed by atoms with Gasteiger partial charge in [-0.05, 0) is 26.0 Å². The maximum Gasteiger partial charge on any atom is 0.259 e. The summed E-state index contributed by atoms with van der Waals surface area (Å²) in [6.45, 7) is 3.47. The summed E-state index contributed by atoms with van der Waals surface area (Å²) in [6.07, 6.45) is 1.68. The van der Waals surface area contributed by atoms with E-state index in [0.29, 0.717) is 22.7 Å². The standard InChI is InChI=1S/C14H16N4O2/c1-9(17-20)11-5-4-6-12(7-11)15-14(19)13-8-18(3)16-10(13)2/h4-8,20H,1-3H3,(H,15,19)/b17-9-. The van der Waals surface area contributed by atoms with Gasteiger partial charge in [-0.2, -0.15) is 5.10 Å². The molecule has 2 aromatic rings. The zero-order valence-corrected chi connectivity index (χ0v) is 11.6. The number of nitrogens with zero attached hydrogens (tertiary/aromatic N) is 3. The topological polar surface area (TPSA) is 79.5 Å². The summed E-state index contributed by atoms with van der Waals surface area (Å²) in [5.74, 6) is -0.216. The van der Waals surface area contributed by atoms with Crippen LogP contribution in [0.1, 0.15) is 28.5 Å². The van der Waals surface area contributed by atoms with Crippen LogP contribution in [0.3, 0.4) is 0 Å². The SMILES string of the molecule is C/C(=N/O)c1cccc(NC(=O)c2cn(C)nc2C)c1. The van der Waals surface area contributed by atoms with E-state index in [9.17, 15) is 4.79 Å². The van der Waals surface area contributed by atoms with E-state index in [2.05, 4.69) is 15.6 Å². The third kappa shape index (κ3) is 2.85. The maximum atomic E-state index is 12.2. The van der Waals surface area contributed by atoms with Crippen LogP contribution in [0.15, 0.2) is 35.6 Å². The van der Waals surface area contributed by atoms with E-state index in [4.69, 9.17) is 5.21 Å². The van der Waals surface area contributed by atoms with Crippen molar-refractivity contribution in [3.63, 3.8) is 0 Å². The third-order valence-corrected chi connectivity index (χ3v) is 2.95. The smallest absolute Gasteiger partial charge is 0.259 e. The molecule has 6 nitrogen and oxygen atoms in total. The third-order valence-electron chi connectivity index (χ3n) is 2.95. The average Bonchev–Trinajstić information content (AvgIpc) is 2.77. The monoisotopic (exact) mass is 272 g/mol. The van der Waals surface area contributed by atoms with Gasteiger partial charge in [-0.1, -0.05) is 17.3 Å². The van der Waals surface area contributed by atoms with Crippen LogP contribution in [0.4, 0.5) is 5.69 Å². The van der Waals surface area contributed by atoms with E-state index in [-0.39, 0.29) is 5.91 Å². The molecule has 0 unspecified atom stereocenters. The van der Waals surface area contributed by atoms with Gasteiger partial charge in [-0.3, -0.25) is 9.48 Å². The van der Waals surface area contributed by atoms with E-state index in [1.165, 1.54) is 0 Å². The molecule has 1 aromatic carbocycles. The first-order chi connectivity index (χ1) is 9.51. The Morgan fingerprint density at radius 2 is 2.20 bits per heavy atom. The number of aryl methyl sites for hydroxylation is 2. The second-order valence-corrected chi connectivity index (χ2v) is 4.52. The molecule has 1 aromatic heterocycles. The van der Waals surface area contributed by atoms with Crippen LogP contribution < -0.4 is 5.32 Å². The molecular formula is C14H16N4O2. The Morgan fingerprint density at radius 3 is 2.80 bits per heavy atom. The zero-order chi connectivity index (χ0) is 14.7. The molecule has 1 heterocycles. The van der Waals surface area contributed by atoms with Crippen molar-refractivity contribution in [3.8, 4) is 0 Å². The summed E-state index contributed by atoms with van der Waals surface area (Å²) in [6, 6.07) is 7.12. The van der Waals surface area contributed by atoms with Gasteiger partial charge in [0.15, 0.2) is 0 Å². The van der Waals surface area contributed by atoms with Crippen molar-refractivity contribution in [3.05, 3.63) is 47.3 Å². The summed E-state index contributed by atoms with van der Waals surface area (Å²) in [5.41, 5.74) is 3.07.